The van der Waals surface area contributed by atoms with Crippen molar-refractivity contribution in [2.45, 2.75) is 20.8 Å². The Morgan fingerprint density at radius 2 is 1.72 bits per heavy atom. The van der Waals surface area contributed by atoms with Gasteiger partial charge in [-0.2, -0.15) is 0 Å². The molecule has 4 rings (SSSR count). The van der Waals surface area contributed by atoms with Crippen LogP contribution in [-0.4, -0.2) is 64.5 Å². The molecule has 2 aromatic heterocycles. The summed E-state index contributed by atoms with van der Waals surface area (Å²) < 4.78 is 5.24. The largest absolute Gasteiger partial charge is 0.461 e. The van der Waals surface area contributed by atoms with Gasteiger partial charge in [-0.05, 0) is 56.2 Å². The van der Waals surface area contributed by atoms with Crippen molar-refractivity contribution < 1.29 is 14.3 Å². The summed E-state index contributed by atoms with van der Waals surface area (Å²) in [4.78, 5) is 42.6. The quantitative estimate of drug-likeness (QED) is 0.441. The standard InChI is InChI=1S/C23H24ClN5O3/c1-4-32-23(31)19-21(27-18-13-15(3)14(2)12-17(18)26-19)28-8-10-29(11-9-28)22(30)16-6-5-7-25-20(16)24/h5-7,12-13H,4,8-11H2,1-3H3. The number of anilines is 1. The smallest absolute Gasteiger partial charge is 0.360 e. The highest BCUT2D eigenvalue weighted by Gasteiger charge is 2.28. The van der Waals surface area contributed by atoms with Crippen molar-refractivity contribution >= 4 is 40.3 Å². The van der Waals surface area contributed by atoms with Gasteiger partial charge in [0.2, 0.25) is 0 Å². The summed E-state index contributed by atoms with van der Waals surface area (Å²) in [5.74, 6) is -0.189. The Kier molecular flexibility index (Phi) is 6.23. The molecule has 1 fully saturated rings. The van der Waals surface area contributed by atoms with Gasteiger partial charge in [0.25, 0.3) is 5.91 Å². The number of nitrogens with zero attached hydrogens (tertiary/aromatic N) is 5. The zero-order valence-electron chi connectivity index (χ0n) is 18.3. The molecule has 1 aliphatic rings. The maximum Gasteiger partial charge on any atom is 0.360 e. The van der Waals surface area contributed by atoms with Gasteiger partial charge in [0.05, 0.1) is 23.2 Å². The Bertz CT molecular complexity index is 1190. The summed E-state index contributed by atoms with van der Waals surface area (Å²) in [6.07, 6.45) is 1.55. The third kappa shape index (κ3) is 4.23. The number of rotatable bonds is 4. The minimum absolute atomic E-state index is 0.163. The van der Waals surface area contributed by atoms with Crippen molar-refractivity contribution in [2.75, 3.05) is 37.7 Å². The molecule has 1 aliphatic heterocycles. The molecule has 0 saturated carbocycles. The van der Waals surface area contributed by atoms with Crippen LogP contribution >= 0.6 is 11.6 Å². The lowest BCUT2D eigenvalue weighted by Crippen LogP contribution is -2.49. The molecular weight excluding hydrogens is 430 g/mol. The van der Waals surface area contributed by atoms with Crippen LogP contribution in [0.2, 0.25) is 5.15 Å². The summed E-state index contributed by atoms with van der Waals surface area (Å²) in [7, 11) is 0. The number of piperazine rings is 1. The number of aromatic nitrogens is 3. The van der Waals surface area contributed by atoms with Crippen molar-refractivity contribution in [3.63, 3.8) is 0 Å². The highest BCUT2D eigenvalue weighted by Crippen LogP contribution is 2.25. The van der Waals surface area contributed by atoms with E-state index in [9.17, 15) is 9.59 Å². The average Bonchev–Trinajstić information content (AvgIpc) is 2.79. The zero-order valence-corrected chi connectivity index (χ0v) is 19.0. The molecule has 1 amide bonds. The van der Waals surface area contributed by atoms with Crippen LogP contribution in [0.5, 0.6) is 0 Å². The minimum Gasteiger partial charge on any atom is -0.461 e. The normalized spacial score (nSPS) is 14.0. The van der Waals surface area contributed by atoms with E-state index in [1.165, 1.54) is 0 Å². The van der Waals surface area contributed by atoms with E-state index in [4.69, 9.17) is 21.3 Å². The number of fused-ring (bicyclic) bond motifs is 1. The van der Waals surface area contributed by atoms with Crippen molar-refractivity contribution in [1.82, 2.24) is 19.9 Å². The van der Waals surface area contributed by atoms with Gasteiger partial charge in [0.1, 0.15) is 5.15 Å². The van der Waals surface area contributed by atoms with Gasteiger partial charge >= 0.3 is 5.97 Å². The molecule has 1 saturated heterocycles. The second-order valence-corrected chi connectivity index (χ2v) is 8.02. The number of pyridine rings is 1. The van der Waals surface area contributed by atoms with Gasteiger partial charge in [-0.1, -0.05) is 11.6 Å². The van der Waals surface area contributed by atoms with E-state index in [-0.39, 0.29) is 23.4 Å². The van der Waals surface area contributed by atoms with Crippen molar-refractivity contribution in [3.8, 4) is 0 Å². The maximum atomic E-state index is 12.8. The van der Waals surface area contributed by atoms with Crippen LogP contribution in [0.4, 0.5) is 5.82 Å². The summed E-state index contributed by atoms with van der Waals surface area (Å²) in [5, 5.41) is 0.190. The van der Waals surface area contributed by atoms with Crippen LogP contribution in [-0.2, 0) is 4.74 Å². The lowest BCUT2D eigenvalue weighted by Gasteiger charge is -2.36. The predicted molar refractivity (Wildman–Crippen MR) is 122 cm³/mol. The second-order valence-electron chi connectivity index (χ2n) is 7.66. The fourth-order valence-corrected chi connectivity index (χ4v) is 3.90. The van der Waals surface area contributed by atoms with Crippen LogP contribution in [0, 0.1) is 13.8 Å². The summed E-state index contributed by atoms with van der Waals surface area (Å²) in [6, 6.07) is 7.26. The first-order valence-corrected chi connectivity index (χ1v) is 10.9. The SMILES string of the molecule is CCOC(=O)c1nc2cc(C)c(C)cc2nc1N1CCN(C(=O)c2cccnc2Cl)CC1. The molecule has 3 heterocycles. The number of ether oxygens (including phenoxy) is 1. The molecule has 0 bridgehead atoms. The van der Waals surface area contributed by atoms with Gasteiger partial charge in [0, 0.05) is 32.4 Å². The minimum atomic E-state index is -0.504. The highest BCUT2D eigenvalue weighted by molar-refractivity contribution is 6.32. The summed E-state index contributed by atoms with van der Waals surface area (Å²) in [6.45, 7) is 7.94. The average molecular weight is 454 g/mol. The first-order valence-electron chi connectivity index (χ1n) is 10.5. The molecule has 0 spiro atoms. The van der Waals surface area contributed by atoms with E-state index in [1.807, 2.05) is 30.9 Å². The number of benzene rings is 1. The number of hydrogen-bond acceptors (Lipinski definition) is 7. The maximum absolute atomic E-state index is 12.8. The molecule has 9 heteroatoms. The third-order valence-electron chi connectivity index (χ3n) is 5.59. The van der Waals surface area contributed by atoms with E-state index in [0.29, 0.717) is 43.1 Å². The number of carbonyl (C=O) groups is 2. The Morgan fingerprint density at radius 1 is 1.06 bits per heavy atom. The monoisotopic (exact) mass is 453 g/mol. The molecule has 0 unspecified atom stereocenters. The molecule has 3 aromatic rings. The molecule has 1 aromatic carbocycles. The molecule has 166 valence electrons. The predicted octanol–water partition coefficient (Wildman–Crippen LogP) is 3.43. The molecule has 32 heavy (non-hydrogen) atoms. The van der Waals surface area contributed by atoms with Crippen LogP contribution in [0.1, 0.15) is 38.9 Å². The molecule has 0 radical (unpaired) electrons. The molecule has 0 atom stereocenters. The van der Waals surface area contributed by atoms with Crippen molar-refractivity contribution in [1.29, 1.82) is 0 Å². The Morgan fingerprint density at radius 3 is 2.34 bits per heavy atom. The molecule has 0 N–H and O–H groups in total. The number of hydrogen-bond donors (Lipinski definition) is 0. The fraction of sp³-hybridized carbons (Fsp3) is 0.348. The third-order valence-corrected chi connectivity index (χ3v) is 5.89. The van der Waals surface area contributed by atoms with Crippen molar-refractivity contribution in [2.24, 2.45) is 0 Å². The topological polar surface area (TPSA) is 88.5 Å². The number of halogens is 1. The van der Waals surface area contributed by atoms with Crippen molar-refractivity contribution in [3.05, 3.63) is 58.0 Å². The number of amides is 1. The zero-order chi connectivity index (χ0) is 22.8. The van der Waals surface area contributed by atoms with Crippen LogP contribution < -0.4 is 4.90 Å². The van der Waals surface area contributed by atoms with E-state index >= 15 is 0 Å². The van der Waals surface area contributed by atoms with E-state index in [2.05, 4.69) is 9.97 Å². The molecule has 0 aliphatic carbocycles. The Balaban J connectivity index is 1.62. The number of esters is 1. The van der Waals surface area contributed by atoms with Gasteiger partial charge in [0.15, 0.2) is 11.5 Å². The lowest BCUT2D eigenvalue weighted by molar-refractivity contribution is 0.0519. The number of aryl methyl sites for hydroxylation is 2. The Labute approximate surface area is 191 Å². The lowest BCUT2D eigenvalue weighted by atomic mass is 10.1. The van der Waals surface area contributed by atoms with Crippen LogP contribution in [0.3, 0.4) is 0 Å². The van der Waals surface area contributed by atoms with Gasteiger partial charge < -0.3 is 14.5 Å². The first kappa shape index (κ1) is 22.0. The number of carbonyl (C=O) groups excluding carboxylic acids is 2. The van der Waals surface area contributed by atoms with Gasteiger partial charge in [-0.3, -0.25) is 4.79 Å². The van der Waals surface area contributed by atoms with Crippen LogP contribution in [0.25, 0.3) is 11.0 Å². The van der Waals surface area contributed by atoms with E-state index in [0.717, 1.165) is 16.6 Å². The first-order chi connectivity index (χ1) is 15.4. The summed E-state index contributed by atoms with van der Waals surface area (Å²) >= 11 is 6.09. The summed E-state index contributed by atoms with van der Waals surface area (Å²) in [5.41, 5.74) is 4.13. The van der Waals surface area contributed by atoms with E-state index < -0.39 is 5.97 Å². The highest BCUT2D eigenvalue weighted by atomic mass is 35.5. The van der Waals surface area contributed by atoms with Gasteiger partial charge in [-0.15, -0.1) is 0 Å². The fourth-order valence-electron chi connectivity index (χ4n) is 3.70. The molecule has 8 nitrogen and oxygen atoms in total. The second kappa shape index (κ2) is 9.08. The van der Waals surface area contributed by atoms with E-state index in [1.54, 1.807) is 30.2 Å². The van der Waals surface area contributed by atoms with Crippen LogP contribution in [0.15, 0.2) is 30.5 Å². The molecular formula is C23H24ClN5O3. The van der Waals surface area contributed by atoms with Gasteiger partial charge in [-0.25, -0.2) is 19.7 Å². The Hall–Kier alpha value is -3.26.